The van der Waals surface area contributed by atoms with Crippen LogP contribution in [0.1, 0.15) is 5.56 Å². The molecule has 3 rings (SSSR count). The normalized spacial score (nSPS) is 12.0. The Hall–Kier alpha value is -1.41. The number of aromatic nitrogens is 2. The van der Waals surface area contributed by atoms with Crippen molar-refractivity contribution in [3.8, 4) is 11.4 Å². The molecule has 0 saturated carbocycles. The van der Waals surface area contributed by atoms with Gasteiger partial charge in [0.2, 0.25) is 0 Å². The molecule has 0 aliphatic heterocycles. The molecular weight excluding hydrogens is 399 g/mol. The molecule has 21 heavy (non-hydrogen) atoms. The summed E-state index contributed by atoms with van der Waals surface area (Å²) < 4.78 is 24.8. The number of hydrogen-bond donors (Lipinski definition) is 1. The van der Waals surface area contributed by atoms with Crippen LogP contribution in [0.5, 0.6) is 0 Å². The second-order valence-corrected chi connectivity index (χ2v) is 8.01. The van der Waals surface area contributed by atoms with Crippen LogP contribution >= 0.6 is 22.6 Å². The molecule has 6 heteroatoms. The van der Waals surface area contributed by atoms with E-state index in [-0.39, 0.29) is 4.90 Å². The highest BCUT2D eigenvalue weighted by molar-refractivity contribution is 14.1. The lowest BCUT2D eigenvalue weighted by atomic mass is 10.1. The Morgan fingerprint density at radius 2 is 1.86 bits per heavy atom. The first-order valence-corrected chi connectivity index (χ1v) is 9.29. The van der Waals surface area contributed by atoms with E-state index < -0.39 is 9.84 Å². The van der Waals surface area contributed by atoms with Crippen molar-refractivity contribution in [3.63, 3.8) is 0 Å². The van der Waals surface area contributed by atoms with E-state index in [2.05, 4.69) is 32.6 Å². The fourth-order valence-corrected chi connectivity index (χ4v) is 3.71. The Kier molecular flexibility index (Phi) is 3.53. The monoisotopic (exact) mass is 412 g/mol. The summed E-state index contributed by atoms with van der Waals surface area (Å²) in [6.45, 7) is 2.04. The van der Waals surface area contributed by atoms with Crippen LogP contribution in [0, 0.1) is 10.5 Å². The van der Waals surface area contributed by atoms with E-state index in [1.165, 1.54) is 6.26 Å². The minimum Gasteiger partial charge on any atom is -0.338 e. The van der Waals surface area contributed by atoms with Crippen LogP contribution in [-0.2, 0) is 9.84 Å². The topological polar surface area (TPSA) is 62.8 Å². The summed E-state index contributed by atoms with van der Waals surface area (Å²) in [4.78, 5) is 7.98. The number of halogens is 1. The number of nitrogens with one attached hydrogen (secondary N) is 1. The molecule has 1 heterocycles. The third-order valence-corrected chi connectivity index (χ3v) is 5.88. The van der Waals surface area contributed by atoms with Crippen molar-refractivity contribution in [3.05, 3.63) is 45.5 Å². The van der Waals surface area contributed by atoms with Crippen LogP contribution in [-0.4, -0.2) is 24.6 Å². The number of sulfone groups is 1. The summed E-state index contributed by atoms with van der Waals surface area (Å²) in [5.41, 5.74) is 3.36. The van der Waals surface area contributed by atoms with Crippen LogP contribution in [0.4, 0.5) is 0 Å². The predicted octanol–water partition coefficient (Wildman–Crippen LogP) is 3.55. The highest BCUT2D eigenvalue weighted by Gasteiger charge is 2.16. The van der Waals surface area contributed by atoms with Gasteiger partial charge in [-0.3, -0.25) is 0 Å². The van der Waals surface area contributed by atoms with Gasteiger partial charge in [-0.1, -0.05) is 24.3 Å². The van der Waals surface area contributed by atoms with Gasteiger partial charge in [-0.15, -0.1) is 0 Å². The lowest BCUT2D eigenvalue weighted by Crippen LogP contribution is -1.97. The molecule has 0 aliphatic carbocycles. The molecule has 0 aliphatic rings. The van der Waals surface area contributed by atoms with Crippen LogP contribution in [0.2, 0.25) is 0 Å². The van der Waals surface area contributed by atoms with E-state index in [0.29, 0.717) is 11.3 Å². The van der Waals surface area contributed by atoms with Crippen molar-refractivity contribution in [1.82, 2.24) is 9.97 Å². The Bertz CT molecular complexity index is 945. The van der Waals surface area contributed by atoms with Crippen molar-refractivity contribution in [2.75, 3.05) is 6.26 Å². The number of nitrogens with zero attached hydrogens (tertiary/aromatic N) is 1. The van der Waals surface area contributed by atoms with E-state index in [1.54, 1.807) is 12.1 Å². The summed E-state index contributed by atoms with van der Waals surface area (Å²) in [5, 5.41) is 0. The van der Waals surface area contributed by atoms with Crippen molar-refractivity contribution in [1.29, 1.82) is 0 Å². The zero-order valence-electron chi connectivity index (χ0n) is 11.5. The number of H-pyrrole nitrogens is 1. The molecule has 0 spiro atoms. The van der Waals surface area contributed by atoms with Gasteiger partial charge < -0.3 is 4.98 Å². The smallest absolute Gasteiger partial charge is 0.177 e. The zero-order chi connectivity index (χ0) is 15.2. The van der Waals surface area contributed by atoms with Crippen molar-refractivity contribution in [2.24, 2.45) is 0 Å². The fraction of sp³-hybridized carbons (Fsp3) is 0.133. The van der Waals surface area contributed by atoms with E-state index >= 15 is 0 Å². The summed E-state index contributed by atoms with van der Waals surface area (Å²) in [6.07, 6.45) is 1.20. The maximum Gasteiger partial charge on any atom is 0.177 e. The maximum absolute atomic E-state index is 11.9. The minimum atomic E-state index is -3.30. The predicted molar refractivity (Wildman–Crippen MR) is 92.1 cm³/mol. The minimum absolute atomic E-state index is 0.255. The van der Waals surface area contributed by atoms with Crippen LogP contribution in [0.15, 0.2) is 41.3 Å². The van der Waals surface area contributed by atoms with Crippen LogP contribution in [0.3, 0.4) is 0 Å². The highest BCUT2D eigenvalue weighted by Crippen LogP contribution is 2.29. The first kappa shape index (κ1) is 14.5. The number of fused-ring (bicyclic) bond motifs is 1. The van der Waals surface area contributed by atoms with Gasteiger partial charge in [0.25, 0.3) is 0 Å². The summed E-state index contributed by atoms with van der Waals surface area (Å²) in [7, 11) is -3.30. The molecule has 0 atom stereocenters. The second kappa shape index (κ2) is 5.10. The second-order valence-electron chi connectivity index (χ2n) is 4.95. The average Bonchev–Trinajstić information content (AvgIpc) is 2.84. The lowest BCUT2D eigenvalue weighted by Gasteiger charge is -2.03. The number of hydrogen-bond acceptors (Lipinski definition) is 3. The van der Waals surface area contributed by atoms with Gasteiger partial charge in [-0.25, -0.2) is 13.4 Å². The van der Waals surface area contributed by atoms with Gasteiger partial charge in [0, 0.05) is 15.4 Å². The third kappa shape index (κ3) is 2.57. The largest absolute Gasteiger partial charge is 0.338 e. The fourth-order valence-electron chi connectivity index (χ4n) is 2.26. The van der Waals surface area contributed by atoms with Gasteiger partial charge in [-0.2, -0.15) is 0 Å². The van der Waals surface area contributed by atoms with E-state index in [0.717, 1.165) is 20.2 Å². The van der Waals surface area contributed by atoms with Crippen molar-refractivity contribution in [2.45, 2.75) is 11.8 Å². The van der Waals surface area contributed by atoms with Gasteiger partial charge in [0.15, 0.2) is 9.84 Å². The first-order chi connectivity index (χ1) is 9.88. The van der Waals surface area contributed by atoms with Crippen molar-refractivity contribution < 1.29 is 8.42 Å². The molecule has 4 nitrogen and oxygen atoms in total. The standard InChI is InChI=1S/C15H13IN2O2S/c1-9-5-3-6-10(13(9)16)15-17-11-7-4-8-12(14(11)18-15)21(2,19)20/h3-8H,1-2H3,(H,17,18). The zero-order valence-corrected chi connectivity index (χ0v) is 14.5. The van der Waals surface area contributed by atoms with Crippen LogP contribution in [0.25, 0.3) is 22.4 Å². The molecular formula is C15H13IN2O2S. The molecule has 2 aromatic carbocycles. The Labute approximate surface area is 136 Å². The molecule has 3 aromatic rings. The third-order valence-electron chi connectivity index (χ3n) is 3.32. The highest BCUT2D eigenvalue weighted by atomic mass is 127. The summed E-state index contributed by atoms with van der Waals surface area (Å²) in [5.74, 6) is 0.689. The molecule has 108 valence electrons. The maximum atomic E-state index is 11.9. The molecule has 0 radical (unpaired) electrons. The molecule has 1 aromatic heterocycles. The van der Waals surface area contributed by atoms with Gasteiger partial charge in [-0.05, 0) is 47.2 Å². The Balaban J connectivity index is 2.30. The molecule has 0 amide bonds. The Morgan fingerprint density at radius 1 is 1.14 bits per heavy atom. The quantitative estimate of drug-likeness (QED) is 0.655. The molecule has 0 saturated heterocycles. The number of rotatable bonds is 2. The van der Waals surface area contributed by atoms with E-state index in [1.807, 2.05) is 31.2 Å². The number of imidazole rings is 1. The van der Waals surface area contributed by atoms with Gasteiger partial charge in [0.1, 0.15) is 11.3 Å². The molecule has 1 N–H and O–H groups in total. The van der Waals surface area contributed by atoms with Crippen LogP contribution < -0.4 is 0 Å². The summed E-state index contributed by atoms with van der Waals surface area (Å²) in [6, 6.07) is 11.1. The molecule has 0 fully saturated rings. The summed E-state index contributed by atoms with van der Waals surface area (Å²) >= 11 is 2.28. The number of benzene rings is 2. The van der Waals surface area contributed by atoms with E-state index in [4.69, 9.17) is 0 Å². The van der Waals surface area contributed by atoms with Crippen molar-refractivity contribution >= 4 is 43.5 Å². The Morgan fingerprint density at radius 3 is 2.57 bits per heavy atom. The number of aryl methyl sites for hydroxylation is 1. The number of para-hydroxylation sites is 1. The molecule has 0 bridgehead atoms. The van der Waals surface area contributed by atoms with Gasteiger partial charge >= 0.3 is 0 Å². The molecule has 0 unspecified atom stereocenters. The SMILES string of the molecule is Cc1cccc(-c2nc3c(S(C)(=O)=O)cccc3[nH]2)c1I. The average molecular weight is 412 g/mol. The number of aromatic amines is 1. The lowest BCUT2D eigenvalue weighted by molar-refractivity contribution is 0.602. The van der Waals surface area contributed by atoms with Gasteiger partial charge in [0.05, 0.1) is 10.4 Å². The van der Waals surface area contributed by atoms with E-state index in [9.17, 15) is 8.42 Å². The first-order valence-electron chi connectivity index (χ1n) is 6.32.